The number of hydrogen-bond donors (Lipinski definition) is 1. The molecule has 0 spiro atoms. The van der Waals surface area contributed by atoms with Crippen molar-refractivity contribution in [1.29, 1.82) is 0 Å². The summed E-state index contributed by atoms with van der Waals surface area (Å²) < 4.78 is 3.27. The molecular weight excluding hydrogens is 302 g/mol. The van der Waals surface area contributed by atoms with Gasteiger partial charge in [0.15, 0.2) is 0 Å². The molecule has 1 N–H and O–H groups in total. The Kier molecular flexibility index (Phi) is 5.16. The molecular formula is C15H20BrN3. The number of rotatable bonds is 6. The van der Waals surface area contributed by atoms with Gasteiger partial charge in [0, 0.05) is 29.8 Å². The van der Waals surface area contributed by atoms with E-state index in [-0.39, 0.29) is 0 Å². The Bertz CT molecular complexity index is 534. The molecule has 102 valence electrons. The minimum Gasteiger partial charge on any atom is -0.313 e. The molecule has 19 heavy (non-hydrogen) atoms. The number of nitrogens with zero attached hydrogens (tertiary/aromatic N) is 2. The molecule has 0 aliphatic heterocycles. The van der Waals surface area contributed by atoms with Gasteiger partial charge < -0.3 is 9.88 Å². The molecule has 0 aliphatic rings. The van der Waals surface area contributed by atoms with E-state index in [1.807, 2.05) is 12.4 Å². The van der Waals surface area contributed by atoms with E-state index in [9.17, 15) is 0 Å². The Morgan fingerprint density at radius 3 is 2.84 bits per heavy atom. The molecule has 1 aromatic carbocycles. The summed E-state index contributed by atoms with van der Waals surface area (Å²) in [4.78, 5) is 4.43. The van der Waals surface area contributed by atoms with Gasteiger partial charge in [-0.05, 0) is 46.6 Å². The van der Waals surface area contributed by atoms with E-state index in [0.717, 1.165) is 41.9 Å². The Morgan fingerprint density at radius 1 is 1.32 bits per heavy atom. The first-order valence-corrected chi connectivity index (χ1v) is 7.57. The van der Waals surface area contributed by atoms with Crippen LogP contribution in [0.4, 0.5) is 0 Å². The van der Waals surface area contributed by atoms with Gasteiger partial charge in [0.05, 0.1) is 5.69 Å². The monoisotopic (exact) mass is 321 g/mol. The average molecular weight is 322 g/mol. The van der Waals surface area contributed by atoms with Crippen molar-refractivity contribution in [1.82, 2.24) is 14.9 Å². The smallest absolute Gasteiger partial charge is 0.113 e. The van der Waals surface area contributed by atoms with Crippen LogP contribution in [0, 0.1) is 0 Å². The SMILES string of the molecule is CCCc1nccn1-c1ccc(CNCC)cc1Br. The summed E-state index contributed by atoms with van der Waals surface area (Å²) in [5.41, 5.74) is 2.44. The first-order chi connectivity index (χ1) is 9.26. The van der Waals surface area contributed by atoms with Crippen molar-refractivity contribution >= 4 is 15.9 Å². The molecule has 4 heteroatoms. The maximum absolute atomic E-state index is 4.43. The van der Waals surface area contributed by atoms with Crippen LogP contribution in [0.25, 0.3) is 5.69 Å². The lowest BCUT2D eigenvalue weighted by Crippen LogP contribution is -2.11. The Morgan fingerprint density at radius 2 is 2.16 bits per heavy atom. The van der Waals surface area contributed by atoms with Gasteiger partial charge in [-0.2, -0.15) is 0 Å². The first kappa shape index (κ1) is 14.3. The molecule has 2 aromatic rings. The van der Waals surface area contributed by atoms with Crippen LogP contribution in [0.5, 0.6) is 0 Å². The molecule has 0 radical (unpaired) electrons. The van der Waals surface area contributed by atoms with E-state index >= 15 is 0 Å². The van der Waals surface area contributed by atoms with Crippen molar-refractivity contribution in [2.45, 2.75) is 33.2 Å². The lowest BCUT2D eigenvalue weighted by atomic mass is 10.2. The van der Waals surface area contributed by atoms with Gasteiger partial charge in [-0.25, -0.2) is 4.98 Å². The third-order valence-corrected chi connectivity index (χ3v) is 3.68. The molecule has 1 heterocycles. The minimum atomic E-state index is 0.904. The lowest BCUT2D eigenvalue weighted by molar-refractivity contribution is 0.726. The number of benzene rings is 1. The first-order valence-electron chi connectivity index (χ1n) is 6.78. The zero-order valence-electron chi connectivity index (χ0n) is 11.5. The van der Waals surface area contributed by atoms with Gasteiger partial charge in [-0.3, -0.25) is 0 Å². The third kappa shape index (κ3) is 3.45. The summed E-state index contributed by atoms with van der Waals surface area (Å²) >= 11 is 3.67. The van der Waals surface area contributed by atoms with Crippen molar-refractivity contribution in [2.75, 3.05) is 6.54 Å². The van der Waals surface area contributed by atoms with Gasteiger partial charge in [-0.15, -0.1) is 0 Å². The summed E-state index contributed by atoms with van der Waals surface area (Å²) in [6.07, 6.45) is 5.99. The number of hydrogen-bond acceptors (Lipinski definition) is 2. The summed E-state index contributed by atoms with van der Waals surface area (Å²) in [7, 11) is 0. The zero-order chi connectivity index (χ0) is 13.7. The number of halogens is 1. The summed E-state index contributed by atoms with van der Waals surface area (Å²) in [5.74, 6) is 1.11. The van der Waals surface area contributed by atoms with E-state index in [2.05, 4.69) is 62.8 Å². The second-order valence-electron chi connectivity index (χ2n) is 4.53. The maximum atomic E-state index is 4.43. The Hall–Kier alpha value is -1.13. The number of nitrogens with one attached hydrogen (secondary N) is 1. The molecule has 2 rings (SSSR count). The van der Waals surface area contributed by atoms with E-state index in [0.29, 0.717) is 0 Å². The van der Waals surface area contributed by atoms with Crippen LogP contribution in [0.2, 0.25) is 0 Å². The van der Waals surface area contributed by atoms with Crippen LogP contribution in [-0.2, 0) is 13.0 Å². The predicted octanol–water partition coefficient (Wildman–Crippen LogP) is 3.70. The molecule has 0 amide bonds. The van der Waals surface area contributed by atoms with Gasteiger partial charge in [0.2, 0.25) is 0 Å². The fourth-order valence-corrected chi connectivity index (χ4v) is 2.70. The van der Waals surface area contributed by atoms with Gasteiger partial charge in [0.25, 0.3) is 0 Å². The number of aryl methyl sites for hydroxylation is 1. The molecule has 0 aliphatic carbocycles. The molecule has 0 saturated carbocycles. The van der Waals surface area contributed by atoms with Crippen LogP contribution in [0.3, 0.4) is 0 Å². The predicted molar refractivity (Wildman–Crippen MR) is 82.6 cm³/mol. The summed E-state index contributed by atoms with van der Waals surface area (Å²) in [6.45, 7) is 6.18. The highest BCUT2D eigenvalue weighted by Crippen LogP contribution is 2.24. The molecule has 0 bridgehead atoms. The molecule has 1 aromatic heterocycles. The molecule has 3 nitrogen and oxygen atoms in total. The maximum Gasteiger partial charge on any atom is 0.113 e. The van der Waals surface area contributed by atoms with Crippen LogP contribution < -0.4 is 5.32 Å². The van der Waals surface area contributed by atoms with Gasteiger partial charge in [-0.1, -0.05) is 19.9 Å². The Balaban J connectivity index is 2.27. The molecule has 0 unspecified atom stereocenters. The second kappa shape index (κ2) is 6.87. The van der Waals surface area contributed by atoms with Crippen LogP contribution in [0.1, 0.15) is 31.7 Å². The second-order valence-corrected chi connectivity index (χ2v) is 5.38. The third-order valence-electron chi connectivity index (χ3n) is 3.04. The highest BCUT2D eigenvalue weighted by molar-refractivity contribution is 9.10. The normalized spacial score (nSPS) is 10.9. The minimum absolute atomic E-state index is 0.904. The fourth-order valence-electron chi connectivity index (χ4n) is 2.09. The van der Waals surface area contributed by atoms with E-state index < -0.39 is 0 Å². The topological polar surface area (TPSA) is 29.9 Å². The highest BCUT2D eigenvalue weighted by atomic mass is 79.9. The summed E-state index contributed by atoms with van der Waals surface area (Å²) in [6, 6.07) is 6.49. The largest absolute Gasteiger partial charge is 0.313 e. The fraction of sp³-hybridized carbons (Fsp3) is 0.400. The highest BCUT2D eigenvalue weighted by Gasteiger charge is 2.08. The molecule has 0 saturated heterocycles. The quantitative estimate of drug-likeness (QED) is 0.879. The van der Waals surface area contributed by atoms with Crippen LogP contribution >= 0.6 is 15.9 Å². The van der Waals surface area contributed by atoms with Gasteiger partial charge >= 0.3 is 0 Å². The Labute approximate surface area is 123 Å². The van der Waals surface area contributed by atoms with E-state index in [1.54, 1.807) is 0 Å². The van der Waals surface area contributed by atoms with E-state index in [4.69, 9.17) is 0 Å². The average Bonchev–Trinajstić information content (AvgIpc) is 2.85. The van der Waals surface area contributed by atoms with Crippen LogP contribution in [-0.4, -0.2) is 16.1 Å². The molecule has 0 atom stereocenters. The van der Waals surface area contributed by atoms with E-state index in [1.165, 1.54) is 5.56 Å². The standard InChI is InChI=1S/C15H20BrN3/c1-3-5-15-18-8-9-19(15)14-7-6-12(10-13(14)16)11-17-4-2/h6-10,17H,3-5,11H2,1-2H3. The number of aromatic nitrogens is 2. The van der Waals surface area contributed by atoms with Crippen molar-refractivity contribution in [3.05, 3.63) is 46.5 Å². The summed E-state index contributed by atoms with van der Waals surface area (Å²) in [5, 5.41) is 3.34. The van der Waals surface area contributed by atoms with Crippen molar-refractivity contribution < 1.29 is 0 Å². The van der Waals surface area contributed by atoms with Crippen molar-refractivity contribution in [3.63, 3.8) is 0 Å². The van der Waals surface area contributed by atoms with Gasteiger partial charge in [0.1, 0.15) is 5.82 Å². The lowest BCUT2D eigenvalue weighted by Gasteiger charge is -2.11. The molecule has 0 fully saturated rings. The number of imidazole rings is 1. The zero-order valence-corrected chi connectivity index (χ0v) is 13.1. The van der Waals surface area contributed by atoms with Crippen LogP contribution in [0.15, 0.2) is 35.1 Å². The van der Waals surface area contributed by atoms with Crippen molar-refractivity contribution in [3.8, 4) is 5.69 Å². The van der Waals surface area contributed by atoms with Crippen molar-refractivity contribution in [2.24, 2.45) is 0 Å².